The highest BCUT2D eigenvalue weighted by atomic mass is 16.5. The highest BCUT2D eigenvalue weighted by Crippen LogP contribution is 2.47. The number of nitrogens with zero attached hydrogens (tertiary/aromatic N) is 3. The second-order valence-corrected chi connectivity index (χ2v) is 11.4. The number of methoxy groups -OCH3 is 1. The van der Waals surface area contributed by atoms with Crippen molar-refractivity contribution in [3.8, 4) is 0 Å². The molecule has 0 aliphatic carbocycles. The van der Waals surface area contributed by atoms with Crippen LogP contribution in [0.4, 0.5) is 10.5 Å². The Morgan fingerprint density at radius 3 is 2.51 bits per heavy atom. The summed E-state index contributed by atoms with van der Waals surface area (Å²) in [7, 11) is 2.76. The molecule has 0 saturated carbocycles. The van der Waals surface area contributed by atoms with Gasteiger partial charge in [0.05, 0.1) is 13.5 Å². The van der Waals surface area contributed by atoms with Crippen molar-refractivity contribution in [3.63, 3.8) is 0 Å². The highest BCUT2D eigenvalue weighted by molar-refractivity contribution is 6.07. The van der Waals surface area contributed by atoms with E-state index in [0.29, 0.717) is 12.1 Å². The molecule has 1 aromatic carbocycles. The van der Waals surface area contributed by atoms with Crippen LogP contribution in [0, 0.1) is 17.9 Å². The normalized spacial score (nSPS) is 22.2. The van der Waals surface area contributed by atoms with Gasteiger partial charge in [-0.3, -0.25) is 24.1 Å². The van der Waals surface area contributed by atoms with E-state index in [4.69, 9.17) is 11.3 Å². The minimum atomic E-state index is -1.01. The molecule has 4 amide bonds. The Labute approximate surface area is 218 Å². The zero-order valence-electron chi connectivity index (χ0n) is 22.6. The number of nitrogens with one attached hydrogen (secondary N) is 2. The number of likely N-dealkylation sites (N-methyl/N-ethyl adjacent to an activating group) is 1. The molecule has 0 radical (unpaired) electrons. The van der Waals surface area contributed by atoms with E-state index in [9.17, 15) is 19.2 Å². The van der Waals surface area contributed by atoms with Crippen LogP contribution < -0.4 is 10.6 Å². The first-order valence-corrected chi connectivity index (χ1v) is 12.5. The third-order valence-electron chi connectivity index (χ3n) is 7.24. The van der Waals surface area contributed by atoms with Crippen LogP contribution >= 0.6 is 0 Å². The van der Waals surface area contributed by atoms with E-state index in [1.54, 1.807) is 7.05 Å². The fourth-order valence-corrected chi connectivity index (χ4v) is 5.20. The third kappa shape index (κ3) is 5.26. The fourth-order valence-electron chi connectivity index (χ4n) is 5.20. The largest absolute Gasteiger partial charge is 0.453 e. The molecule has 1 spiro atoms. The first kappa shape index (κ1) is 28.0. The predicted molar refractivity (Wildman–Crippen MR) is 138 cm³/mol. The number of ether oxygens (including phenoxy) is 1. The van der Waals surface area contributed by atoms with Crippen molar-refractivity contribution in [2.75, 3.05) is 26.0 Å². The van der Waals surface area contributed by atoms with E-state index in [1.165, 1.54) is 16.9 Å². The molecule has 10 heteroatoms. The number of benzene rings is 1. The van der Waals surface area contributed by atoms with E-state index >= 15 is 0 Å². The summed E-state index contributed by atoms with van der Waals surface area (Å²) in [6.45, 7) is 17.2. The smallest absolute Gasteiger partial charge is 0.407 e. The number of amides is 4. The van der Waals surface area contributed by atoms with Crippen molar-refractivity contribution in [1.82, 2.24) is 15.1 Å². The van der Waals surface area contributed by atoms with E-state index < -0.39 is 41.1 Å². The van der Waals surface area contributed by atoms with Gasteiger partial charge in [-0.15, -0.1) is 0 Å². The van der Waals surface area contributed by atoms with Crippen molar-refractivity contribution < 1.29 is 23.9 Å². The number of alkyl carbamates (subject to hydrolysis) is 1. The Morgan fingerprint density at radius 2 is 1.95 bits per heavy atom. The van der Waals surface area contributed by atoms with E-state index in [1.807, 2.05) is 58.9 Å². The zero-order chi connectivity index (χ0) is 27.7. The quantitative estimate of drug-likeness (QED) is 0.571. The number of para-hydroxylation sites is 1. The number of fused-ring (bicyclic) bond motifs is 2. The molecule has 0 bridgehead atoms. The molecule has 37 heavy (non-hydrogen) atoms. The highest BCUT2D eigenvalue weighted by Gasteiger charge is 2.59. The zero-order valence-corrected chi connectivity index (χ0v) is 22.6. The first-order chi connectivity index (χ1) is 17.3. The number of likely N-dealkylation sites (tertiary alicyclic amines) is 1. The fraction of sp³-hybridized carbons (Fsp3) is 0.593. The van der Waals surface area contributed by atoms with Gasteiger partial charge in [-0.05, 0) is 29.4 Å². The topological polar surface area (TPSA) is 112 Å². The van der Waals surface area contributed by atoms with Gasteiger partial charge in [-0.1, -0.05) is 52.8 Å². The number of anilines is 1. The number of carbonyl (C=O) groups is 4. The monoisotopic (exact) mass is 511 g/mol. The van der Waals surface area contributed by atoms with E-state index in [-0.39, 0.29) is 30.7 Å². The van der Waals surface area contributed by atoms with Gasteiger partial charge in [-0.25, -0.2) is 11.4 Å². The molecule has 2 heterocycles. The predicted octanol–water partition coefficient (Wildman–Crippen LogP) is 3.00. The van der Waals surface area contributed by atoms with Crippen LogP contribution in [0.15, 0.2) is 24.3 Å². The van der Waals surface area contributed by atoms with E-state index in [2.05, 4.69) is 15.5 Å². The van der Waals surface area contributed by atoms with Crippen molar-refractivity contribution in [1.29, 1.82) is 0 Å². The number of carbonyl (C=O) groups excluding carboxylic acids is 4. The molecule has 1 fully saturated rings. The number of rotatable bonds is 6. The van der Waals surface area contributed by atoms with Crippen LogP contribution in [0.1, 0.15) is 53.0 Å². The van der Waals surface area contributed by atoms with Gasteiger partial charge in [0.1, 0.15) is 17.5 Å². The lowest BCUT2D eigenvalue weighted by atomic mass is 9.80. The first-order valence-electron chi connectivity index (χ1n) is 12.5. The lowest BCUT2D eigenvalue weighted by Gasteiger charge is -2.37. The molecule has 1 aromatic rings. The maximum Gasteiger partial charge on any atom is 0.407 e. The number of hydrogen-bond acceptors (Lipinski definition) is 5. The molecule has 0 aromatic heterocycles. The molecular formula is C27H37N5O5. The molecule has 2 aliphatic rings. The van der Waals surface area contributed by atoms with Crippen LogP contribution in [0.3, 0.4) is 0 Å². The van der Waals surface area contributed by atoms with Gasteiger partial charge >= 0.3 is 12.3 Å². The molecule has 0 unspecified atom stereocenters. The minimum absolute atomic E-state index is 0.0570. The summed E-state index contributed by atoms with van der Waals surface area (Å²) in [5, 5.41) is 5.50. The van der Waals surface area contributed by atoms with Gasteiger partial charge < -0.3 is 20.3 Å². The van der Waals surface area contributed by atoms with Gasteiger partial charge in [-0.2, -0.15) is 0 Å². The Kier molecular flexibility index (Phi) is 7.86. The average Bonchev–Trinajstić information content (AvgIpc) is 3.37. The van der Waals surface area contributed by atoms with Crippen LogP contribution in [-0.4, -0.2) is 72.6 Å². The SMILES string of the molecule is [C-]#[N+][C@@H]1C[C@@]2(CN1C(=O)[C@H](CC(C)C)N(C)C(=O)[C@@H](NC(=O)OC)C(C)(C)C)C(=O)Nc1ccccc12. The molecule has 200 valence electrons. The molecule has 1 saturated heterocycles. The minimum Gasteiger partial charge on any atom is -0.453 e. The lowest BCUT2D eigenvalue weighted by Crippen LogP contribution is -2.59. The summed E-state index contributed by atoms with van der Waals surface area (Å²) >= 11 is 0. The molecule has 10 nitrogen and oxygen atoms in total. The van der Waals surface area contributed by atoms with Crippen molar-refractivity contribution >= 4 is 29.5 Å². The molecule has 3 rings (SSSR count). The average molecular weight is 512 g/mol. The summed E-state index contributed by atoms with van der Waals surface area (Å²) < 4.78 is 4.71. The van der Waals surface area contributed by atoms with Crippen molar-refractivity contribution in [3.05, 3.63) is 41.2 Å². The second-order valence-electron chi connectivity index (χ2n) is 11.4. The van der Waals surface area contributed by atoms with Gasteiger partial charge in [0.25, 0.3) is 5.91 Å². The molecule has 4 atom stereocenters. The third-order valence-corrected chi connectivity index (χ3v) is 7.24. The summed E-state index contributed by atoms with van der Waals surface area (Å²) in [6.07, 6.45) is -1.04. The maximum atomic E-state index is 14.1. The Hall–Kier alpha value is -3.61. The summed E-state index contributed by atoms with van der Waals surface area (Å²) in [4.78, 5) is 59.4. The number of hydrogen-bond donors (Lipinski definition) is 2. The van der Waals surface area contributed by atoms with Gasteiger partial charge in [0.2, 0.25) is 11.8 Å². The molecule has 2 N–H and O–H groups in total. The molecule has 2 aliphatic heterocycles. The molecular weight excluding hydrogens is 474 g/mol. The van der Waals surface area contributed by atoms with Crippen LogP contribution in [-0.2, 0) is 24.5 Å². The summed E-state index contributed by atoms with van der Waals surface area (Å²) in [5.74, 6) is -0.985. The van der Waals surface area contributed by atoms with Crippen molar-refractivity contribution in [2.24, 2.45) is 11.3 Å². The second kappa shape index (κ2) is 10.4. The lowest BCUT2D eigenvalue weighted by molar-refractivity contribution is -0.147. The standard InChI is InChI=1S/C27H37N5O5/c1-16(2)13-19(31(7)23(34)21(26(3,4)5)30-25(36)37-8)22(33)32-15-27(14-20(32)28-6)17-11-9-10-12-18(17)29-24(27)35/h9-12,16,19-21H,13-15H2,1-5,7-8H3,(H,29,35)(H,30,36)/t19-,20-,21+,27-/m0/s1. The Bertz CT molecular complexity index is 1120. The van der Waals surface area contributed by atoms with Gasteiger partial charge in [0.15, 0.2) is 0 Å². The summed E-state index contributed by atoms with van der Waals surface area (Å²) in [5.41, 5.74) is -0.192. The van der Waals surface area contributed by atoms with Crippen LogP contribution in [0.25, 0.3) is 4.85 Å². The maximum absolute atomic E-state index is 14.1. The summed E-state index contributed by atoms with van der Waals surface area (Å²) in [6, 6.07) is 5.52. The van der Waals surface area contributed by atoms with Crippen LogP contribution in [0.2, 0.25) is 0 Å². The Morgan fingerprint density at radius 1 is 1.30 bits per heavy atom. The van der Waals surface area contributed by atoms with Crippen molar-refractivity contribution in [2.45, 2.75) is 71.1 Å². The van der Waals surface area contributed by atoms with E-state index in [0.717, 1.165) is 5.56 Å². The van der Waals surface area contributed by atoms with Crippen LogP contribution in [0.5, 0.6) is 0 Å². The van der Waals surface area contributed by atoms with Gasteiger partial charge in [0, 0.05) is 19.3 Å². The Balaban J connectivity index is 1.95.